The van der Waals surface area contributed by atoms with E-state index in [1.807, 2.05) is 0 Å². The Morgan fingerprint density at radius 1 is 1.21 bits per heavy atom. The average Bonchev–Trinajstić information content (AvgIpc) is 2.39. The molecule has 0 heterocycles. The molecule has 0 aromatic heterocycles. The van der Waals surface area contributed by atoms with Gasteiger partial charge in [0.15, 0.2) is 0 Å². The maximum atomic E-state index is 10.8. The summed E-state index contributed by atoms with van der Waals surface area (Å²) in [5.74, 6) is -0.333. The zero-order valence-electron chi connectivity index (χ0n) is 9.97. The normalized spacial score (nSPS) is 10.2. The smallest absolute Gasteiger partial charge is 0.335 e. The van der Waals surface area contributed by atoms with Crippen LogP contribution in [0.2, 0.25) is 5.02 Å². The summed E-state index contributed by atoms with van der Waals surface area (Å²) in [7, 11) is 0. The maximum Gasteiger partial charge on any atom is 0.335 e. The van der Waals surface area contributed by atoms with Gasteiger partial charge in [0.25, 0.3) is 0 Å². The molecule has 2 aromatic carbocycles. The lowest BCUT2D eigenvalue weighted by atomic mass is 10.1. The molecule has 0 aliphatic heterocycles. The van der Waals surface area contributed by atoms with Crippen molar-refractivity contribution in [3.8, 4) is 5.75 Å². The first kappa shape index (κ1) is 13.2. The fraction of sp³-hybridized carbons (Fsp3) is 0.0714. The van der Waals surface area contributed by atoms with Crippen LogP contribution in [-0.2, 0) is 6.61 Å². The molecule has 0 aliphatic rings. The Balaban J connectivity index is 2.07. The summed E-state index contributed by atoms with van der Waals surface area (Å²) in [4.78, 5) is 10.8. The second-order valence-corrected chi connectivity index (χ2v) is 4.38. The summed E-state index contributed by atoms with van der Waals surface area (Å²) in [5.41, 5.74) is 7.11. The summed E-state index contributed by atoms with van der Waals surface area (Å²) in [6.07, 6.45) is 0. The SMILES string of the molecule is Nc1ccc(OCc2ccc(C(=O)O)cc2Cl)cc1. The Morgan fingerprint density at radius 3 is 2.47 bits per heavy atom. The van der Waals surface area contributed by atoms with Gasteiger partial charge in [0, 0.05) is 16.3 Å². The van der Waals surface area contributed by atoms with E-state index in [2.05, 4.69) is 0 Å². The second kappa shape index (κ2) is 5.63. The highest BCUT2D eigenvalue weighted by Gasteiger charge is 2.07. The zero-order chi connectivity index (χ0) is 13.8. The third-order valence-electron chi connectivity index (χ3n) is 2.57. The molecular weight excluding hydrogens is 266 g/mol. The molecule has 19 heavy (non-hydrogen) atoms. The molecule has 0 saturated heterocycles. The minimum absolute atomic E-state index is 0.154. The number of halogens is 1. The first-order chi connectivity index (χ1) is 9.06. The molecule has 0 saturated carbocycles. The van der Waals surface area contributed by atoms with E-state index in [0.29, 0.717) is 16.5 Å². The summed E-state index contributed by atoms with van der Waals surface area (Å²) in [6.45, 7) is 0.267. The quantitative estimate of drug-likeness (QED) is 0.842. The van der Waals surface area contributed by atoms with E-state index in [9.17, 15) is 4.79 Å². The highest BCUT2D eigenvalue weighted by molar-refractivity contribution is 6.31. The average molecular weight is 278 g/mol. The lowest BCUT2D eigenvalue weighted by Crippen LogP contribution is -2.00. The van der Waals surface area contributed by atoms with E-state index in [-0.39, 0.29) is 12.2 Å². The highest BCUT2D eigenvalue weighted by Crippen LogP contribution is 2.21. The van der Waals surface area contributed by atoms with Crippen molar-refractivity contribution >= 4 is 23.3 Å². The van der Waals surface area contributed by atoms with Crippen LogP contribution in [0, 0.1) is 0 Å². The molecule has 2 rings (SSSR count). The van der Waals surface area contributed by atoms with Gasteiger partial charge < -0.3 is 15.6 Å². The molecule has 0 amide bonds. The number of hydrogen-bond acceptors (Lipinski definition) is 3. The number of carboxylic acids is 1. The number of nitrogen functional groups attached to an aromatic ring is 1. The van der Waals surface area contributed by atoms with Crippen molar-refractivity contribution in [2.45, 2.75) is 6.61 Å². The van der Waals surface area contributed by atoms with Crippen LogP contribution < -0.4 is 10.5 Å². The fourth-order valence-electron chi connectivity index (χ4n) is 1.52. The first-order valence-corrected chi connectivity index (χ1v) is 5.94. The fourth-order valence-corrected chi connectivity index (χ4v) is 1.76. The van der Waals surface area contributed by atoms with Gasteiger partial charge in [0.2, 0.25) is 0 Å². The molecule has 98 valence electrons. The Labute approximate surface area is 115 Å². The topological polar surface area (TPSA) is 72.5 Å². The van der Waals surface area contributed by atoms with Crippen LogP contribution in [0.5, 0.6) is 5.75 Å². The minimum Gasteiger partial charge on any atom is -0.489 e. The second-order valence-electron chi connectivity index (χ2n) is 3.97. The van der Waals surface area contributed by atoms with Gasteiger partial charge in [-0.25, -0.2) is 4.79 Å². The third kappa shape index (κ3) is 3.39. The van der Waals surface area contributed by atoms with Crippen LogP contribution in [-0.4, -0.2) is 11.1 Å². The number of ether oxygens (including phenoxy) is 1. The number of carbonyl (C=O) groups is 1. The molecule has 0 fully saturated rings. The largest absolute Gasteiger partial charge is 0.489 e. The number of benzene rings is 2. The molecule has 0 atom stereocenters. The Kier molecular flexibility index (Phi) is 3.92. The first-order valence-electron chi connectivity index (χ1n) is 5.56. The van der Waals surface area contributed by atoms with E-state index in [0.717, 1.165) is 5.56 Å². The van der Waals surface area contributed by atoms with Gasteiger partial charge in [-0.05, 0) is 36.4 Å². The predicted octanol–water partition coefficient (Wildman–Crippen LogP) is 3.20. The molecule has 3 N–H and O–H groups in total. The lowest BCUT2D eigenvalue weighted by molar-refractivity contribution is 0.0697. The van der Waals surface area contributed by atoms with E-state index in [1.165, 1.54) is 12.1 Å². The van der Waals surface area contributed by atoms with E-state index >= 15 is 0 Å². The number of hydrogen-bond donors (Lipinski definition) is 2. The Hall–Kier alpha value is -2.20. The van der Waals surface area contributed by atoms with Gasteiger partial charge in [0.1, 0.15) is 12.4 Å². The molecule has 0 bridgehead atoms. The van der Waals surface area contributed by atoms with Crippen molar-refractivity contribution in [1.82, 2.24) is 0 Å². The van der Waals surface area contributed by atoms with Crippen LogP contribution >= 0.6 is 11.6 Å². The number of rotatable bonds is 4. The van der Waals surface area contributed by atoms with Gasteiger partial charge in [0.05, 0.1) is 5.56 Å². The van der Waals surface area contributed by atoms with Crippen LogP contribution in [0.1, 0.15) is 15.9 Å². The third-order valence-corrected chi connectivity index (χ3v) is 2.93. The van der Waals surface area contributed by atoms with Crippen molar-refractivity contribution in [2.24, 2.45) is 0 Å². The molecule has 0 aliphatic carbocycles. The van der Waals surface area contributed by atoms with E-state index in [1.54, 1.807) is 30.3 Å². The molecule has 0 unspecified atom stereocenters. The number of aromatic carboxylic acids is 1. The van der Waals surface area contributed by atoms with Gasteiger partial charge >= 0.3 is 5.97 Å². The summed E-state index contributed by atoms with van der Waals surface area (Å²) in [5, 5.41) is 9.20. The summed E-state index contributed by atoms with van der Waals surface area (Å²) in [6, 6.07) is 11.5. The number of anilines is 1. The van der Waals surface area contributed by atoms with Crippen LogP contribution in [0.25, 0.3) is 0 Å². The lowest BCUT2D eigenvalue weighted by Gasteiger charge is -2.08. The zero-order valence-corrected chi connectivity index (χ0v) is 10.7. The number of nitrogens with two attached hydrogens (primary N) is 1. The minimum atomic E-state index is -1.01. The predicted molar refractivity (Wildman–Crippen MR) is 73.6 cm³/mol. The van der Waals surface area contributed by atoms with Gasteiger partial charge in [-0.1, -0.05) is 17.7 Å². The molecular formula is C14H12ClNO3. The van der Waals surface area contributed by atoms with Crippen LogP contribution in [0.4, 0.5) is 5.69 Å². The number of carboxylic acid groups (broad SMARTS) is 1. The standard InChI is InChI=1S/C14H12ClNO3/c15-13-7-9(14(17)18)1-2-10(13)8-19-12-5-3-11(16)4-6-12/h1-7H,8,16H2,(H,17,18). The van der Waals surface area contributed by atoms with Crippen molar-refractivity contribution in [3.05, 3.63) is 58.6 Å². The maximum absolute atomic E-state index is 10.8. The molecule has 4 nitrogen and oxygen atoms in total. The van der Waals surface area contributed by atoms with Gasteiger partial charge in [-0.3, -0.25) is 0 Å². The highest BCUT2D eigenvalue weighted by atomic mass is 35.5. The Morgan fingerprint density at radius 2 is 1.89 bits per heavy atom. The van der Waals surface area contributed by atoms with Crippen molar-refractivity contribution in [3.63, 3.8) is 0 Å². The van der Waals surface area contributed by atoms with Crippen molar-refractivity contribution in [1.29, 1.82) is 0 Å². The van der Waals surface area contributed by atoms with Crippen LogP contribution in [0.15, 0.2) is 42.5 Å². The molecule has 0 spiro atoms. The molecule has 2 aromatic rings. The van der Waals surface area contributed by atoms with E-state index in [4.69, 9.17) is 27.2 Å². The monoisotopic (exact) mass is 277 g/mol. The van der Waals surface area contributed by atoms with Crippen molar-refractivity contribution in [2.75, 3.05) is 5.73 Å². The van der Waals surface area contributed by atoms with E-state index < -0.39 is 5.97 Å². The molecule has 0 radical (unpaired) electrons. The van der Waals surface area contributed by atoms with Gasteiger partial charge in [-0.15, -0.1) is 0 Å². The summed E-state index contributed by atoms with van der Waals surface area (Å²) >= 11 is 6.00. The molecule has 5 heteroatoms. The van der Waals surface area contributed by atoms with Crippen LogP contribution in [0.3, 0.4) is 0 Å². The van der Waals surface area contributed by atoms with Crippen molar-refractivity contribution < 1.29 is 14.6 Å². The summed E-state index contributed by atoms with van der Waals surface area (Å²) < 4.78 is 5.54. The Bertz CT molecular complexity index is 596. The van der Waals surface area contributed by atoms with Gasteiger partial charge in [-0.2, -0.15) is 0 Å².